The van der Waals surface area contributed by atoms with Crippen LogP contribution in [0.4, 0.5) is 5.69 Å². The van der Waals surface area contributed by atoms with Gasteiger partial charge in [-0.3, -0.25) is 4.79 Å². The third-order valence-electron chi connectivity index (χ3n) is 6.06. The predicted molar refractivity (Wildman–Crippen MR) is 103 cm³/mol. The maximum atomic E-state index is 12.5. The molecule has 1 saturated carbocycles. The van der Waals surface area contributed by atoms with E-state index in [4.69, 9.17) is 0 Å². The summed E-state index contributed by atoms with van der Waals surface area (Å²) >= 11 is 0. The number of rotatable bonds is 4. The van der Waals surface area contributed by atoms with E-state index in [1.54, 1.807) is 0 Å². The highest BCUT2D eigenvalue weighted by molar-refractivity contribution is 5.95. The number of benzene rings is 2. The maximum absolute atomic E-state index is 12.5. The Bertz CT molecular complexity index is 815. The van der Waals surface area contributed by atoms with E-state index in [0.29, 0.717) is 23.9 Å². The van der Waals surface area contributed by atoms with Crippen LogP contribution in [-0.4, -0.2) is 19.0 Å². The van der Waals surface area contributed by atoms with Crippen molar-refractivity contribution in [2.45, 2.75) is 31.3 Å². The lowest BCUT2D eigenvalue weighted by atomic mass is 9.80. The zero-order valence-corrected chi connectivity index (χ0v) is 14.9. The molecule has 4 nitrogen and oxygen atoms in total. The van der Waals surface area contributed by atoms with Crippen LogP contribution in [0.25, 0.3) is 0 Å². The van der Waals surface area contributed by atoms with Crippen LogP contribution in [0.5, 0.6) is 0 Å². The van der Waals surface area contributed by atoms with E-state index in [9.17, 15) is 4.79 Å². The van der Waals surface area contributed by atoms with Crippen molar-refractivity contribution in [3.8, 4) is 0 Å². The van der Waals surface area contributed by atoms with Gasteiger partial charge in [-0.15, -0.1) is 0 Å². The van der Waals surface area contributed by atoms with Crippen molar-refractivity contribution in [2.24, 2.45) is 11.8 Å². The second-order valence-electron chi connectivity index (χ2n) is 7.87. The lowest BCUT2D eigenvalue weighted by Gasteiger charge is -2.37. The fraction of sp³-hybridized carbons (Fsp3) is 0.409. The normalized spacial score (nSPS) is 26.5. The van der Waals surface area contributed by atoms with Gasteiger partial charge in [0.05, 0.1) is 6.04 Å². The molecule has 0 spiro atoms. The van der Waals surface area contributed by atoms with E-state index in [0.717, 1.165) is 30.8 Å². The first-order valence-corrected chi connectivity index (χ1v) is 9.76. The van der Waals surface area contributed by atoms with E-state index in [1.807, 2.05) is 6.07 Å². The molecule has 2 aromatic rings. The summed E-state index contributed by atoms with van der Waals surface area (Å²) in [5.41, 5.74) is 4.49. The fourth-order valence-corrected chi connectivity index (χ4v) is 4.44. The molecular weight excluding hydrogens is 322 g/mol. The topological polar surface area (TPSA) is 53.2 Å². The molecule has 2 fully saturated rings. The highest BCUT2D eigenvalue weighted by Crippen LogP contribution is 2.47. The van der Waals surface area contributed by atoms with Gasteiger partial charge in [0.2, 0.25) is 0 Å². The summed E-state index contributed by atoms with van der Waals surface area (Å²) in [6.07, 6.45) is 3.65. The first-order chi connectivity index (χ1) is 12.8. The van der Waals surface area contributed by atoms with Gasteiger partial charge in [-0.05, 0) is 61.1 Å². The summed E-state index contributed by atoms with van der Waals surface area (Å²) < 4.78 is 0. The molecule has 3 unspecified atom stereocenters. The van der Waals surface area contributed by atoms with Crippen molar-refractivity contribution in [3.05, 3.63) is 65.2 Å². The third kappa shape index (κ3) is 2.88. The SMILES string of the molecule is O=C(NCC1CC1)c1ccc2c(c1)C1NCCC1C(c1ccccc1)N2. The molecule has 1 amide bonds. The molecule has 3 N–H and O–H groups in total. The number of carbonyl (C=O) groups is 1. The fourth-order valence-electron chi connectivity index (χ4n) is 4.44. The average Bonchev–Trinajstić information content (AvgIpc) is 3.39. The summed E-state index contributed by atoms with van der Waals surface area (Å²) in [4.78, 5) is 12.5. The summed E-state index contributed by atoms with van der Waals surface area (Å²) in [7, 11) is 0. The van der Waals surface area contributed by atoms with E-state index in [1.165, 1.54) is 24.0 Å². The van der Waals surface area contributed by atoms with Gasteiger partial charge in [-0.2, -0.15) is 0 Å². The summed E-state index contributed by atoms with van der Waals surface area (Å²) in [6.45, 7) is 1.84. The van der Waals surface area contributed by atoms with Crippen LogP contribution in [-0.2, 0) is 0 Å². The lowest BCUT2D eigenvalue weighted by molar-refractivity contribution is 0.0951. The highest BCUT2D eigenvalue weighted by Gasteiger charge is 2.40. The Labute approximate surface area is 154 Å². The molecule has 134 valence electrons. The quantitative estimate of drug-likeness (QED) is 0.791. The number of carbonyl (C=O) groups excluding carboxylic acids is 1. The first kappa shape index (κ1) is 15.9. The Morgan fingerprint density at radius 1 is 1.04 bits per heavy atom. The predicted octanol–water partition coefficient (Wildman–Crippen LogP) is 3.64. The Balaban J connectivity index is 1.43. The van der Waals surface area contributed by atoms with Crippen LogP contribution in [0, 0.1) is 11.8 Å². The molecule has 5 rings (SSSR count). The van der Waals surface area contributed by atoms with Crippen LogP contribution in [0.15, 0.2) is 48.5 Å². The first-order valence-electron chi connectivity index (χ1n) is 9.76. The molecule has 0 aromatic heterocycles. The molecule has 3 aliphatic rings. The van der Waals surface area contributed by atoms with Gasteiger partial charge in [0.1, 0.15) is 0 Å². The van der Waals surface area contributed by atoms with Gasteiger partial charge in [-0.1, -0.05) is 30.3 Å². The zero-order valence-electron chi connectivity index (χ0n) is 14.9. The van der Waals surface area contributed by atoms with Gasteiger partial charge in [0.25, 0.3) is 5.91 Å². The van der Waals surface area contributed by atoms with Gasteiger partial charge in [0, 0.05) is 29.8 Å². The Morgan fingerprint density at radius 2 is 1.88 bits per heavy atom. The molecule has 4 heteroatoms. The molecule has 1 aliphatic carbocycles. The summed E-state index contributed by atoms with van der Waals surface area (Å²) in [5, 5.41) is 10.5. The van der Waals surface area contributed by atoms with Crippen molar-refractivity contribution < 1.29 is 4.79 Å². The molecule has 0 radical (unpaired) electrons. The number of anilines is 1. The van der Waals surface area contributed by atoms with Crippen molar-refractivity contribution >= 4 is 11.6 Å². The molecule has 26 heavy (non-hydrogen) atoms. The smallest absolute Gasteiger partial charge is 0.251 e. The number of nitrogens with one attached hydrogen (secondary N) is 3. The van der Waals surface area contributed by atoms with Crippen LogP contribution < -0.4 is 16.0 Å². The molecule has 3 atom stereocenters. The second-order valence-corrected chi connectivity index (χ2v) is 7.87. The van der Waals surface area contributed by atoms with Gasteiger partial charge >= 0.3 is 0 Å². The Hall–Kier alpha value is -2.33. The molecule has 0 bridgehead atoms. The molecule has 2 aromatic carbocycles. The minimum atomic E-state index is 0.0550. The molecule has 2 aliphatic heterocycles. The van der Waals surface area contributed by atoms with Crippen LogP contribution in [0.2, 0.25) is 0 Å². The number of amides is 1. The number of hydrogen-bond donors (Lipinski definition) is 3. The minimum Gasteiger partial charge on any atom is -0.378 e. The molecule has 2 heterocycles. The van der Waals surface area contributed by atoms with Crippen molar-refractivity contribution in [2.75, 3.05) is 18.4 Å². The van der Waals surface area contributed by atoms with Crippen molar-refractivity contribution in [1.82, 2.24) is 10.6 Å². The number of fused-ring (bicyclic) bond motifs is 3. The lowest BCUT2D eigenvalue weighted by Crippen LogP contribution is -2.33. The summed E-state index contributed by atoms with van der Waals surface area (Å²) in [5.74, 6) is 1.26. The van der Waals surface area contributed by atoms with Crippen LogP contribution in [0.1, 0.15) is 52.8 Å². The Kier molecular flexibility index (Phi) is 3.93. The van der Waals surface area contributed by atoms with Crippen LogP contribution >= 0.6 is 0 Å². The van der Waals surface area contributed by atoms with Gasteiger partial charge in [-0.25, -0.2) is 0 Å². The third-order valence-corrected chi connectivity index (χ3v) is 6.06. The van der Waals surface area contributed by atoms with E-state index in [2.05, 4.69) is 58.4 Å². The van der Waals surface area contributed by atoms with Gasteiger partial charge < -0.3 is 16.0 Å². The van der Waals surface area contributed by atoms with Crippen LogP contribution in [0.3, 0.4) is 0 Å². The molecule has 1 saturated heterocycles. The van der Waals surface area contributed by atoms with E-state index in [-0.39, 0.29) is 5.91 Å². The minimum absolute atomic E-state index is 0.0550. The maximum Gasteiger partial charge on any atom is 0.251 e. The monoisotopic (exact) mass is 347 g/mol. The number of hydrogen-bond acceptors (Lipinski definition) is 3. The average molecular weight is 347 g/mol. The van der Waals surface area contributed by atoms with E-state index >= 15 is 0 Å². The standard InChI is InChI=1S/C22H25N3O/c26-22(24-13-14-6-7-14)16-8-9-19-18(12-16)21-17(10-11-23-21)20(25-19)15-4-2-1-3-5-15/h1-5,8-9,12,14,17,20-21,23,25H,6-7,10-11,13H2,(H,24,26). The second kappa shape index (κ2) is 6.44. The zero-order chi connectivity index (χ0) is 17.5. The van der Waals surface area contributed by atoms with Crippen molar-refractivity contribution in [1.29, 1.82) is 0 Å². The Morgan fingerprint density at radius 3 is 2.69 bits per heavy atom. The highest BCUT2D eigenvalue weighted by atomic mass is 16.1. The largest absolute Gasteiger partial charge is 0.378 e. The summed E-state index contributed by atoms with van der Waals surface area (Å²) in [6, 6.07) is 17.4. The van der Waals surface area contributed by atoms with Gasteiger partial charge in [0.15, 0.2) is 0 Å². The molecular formula is C22H25N3O. The van der Waals surface area contributed by atoms with E-state index < -0.39 is 0 Å². The van der Waals surface area contributed by atoms with Crippen molar-refractivity contribution in [3.63, 3.8) is 0 Å².